The van der Waals surface area contributed by atoms with Gasteiger partial charge in [0.15, 0.2) is 30.1 Å². The molecule has 4 fully saturated rings. The molecule has 0 aromatic carbocycles. The highest BCUT2D eigenvalue weighted by molar-refractivity contribution is 8.07. The Morgan fingerprint density at radius 3 is 1.90 bits per heavy atom. The zero-order chi connectivity index (χ0) is 40.9. The van der Waals surface area contributed by atoms with Crippen LogP contribution in [0, 0.1) is 0 Å². The van der Waals surface area contributed by atoms with E-state index in [1.54, 1.807) is 4.57 Å². The largest absolute Gasteiger partial charge is 0.386 e. The van der Waals surface area contributed by atoms with Crippen LogP contribution in [0.3, 0.4) is 0 Å². The molecule has 0 unspecified atom stereocenters. The third kappa shape index (κ3) is 7.61. The van der Waals surface area contributed by atoms with E-state index in [1.165, 1.54) is 26.9 Å². The number of hydrogen-bond acceptors (Lipinski definition) is 21. The zero-order valence-electron chi connectivity index (χ0n) is 30.4. The van der Waals surface area contributed by atoms with Gasteiger partial charge >= 0.3 is 18.1 Å². The SMILES string of the molecule is COC[C@H]1O[C@@H](n2ccc(=O)[nH]c2=O)[C@H](O)[C@@H]1OP(=S)(OC[C@H]1O[C@@H](n2cnc3c(N)ncnc32)[C@@H]2OCO[C@@H]21)O[C@H]1[C@@H](O)[C@H](n2ccc(=O)[nH]c2=O)O[C@@H]1COC. The summed E-state index contributed by atoms with van der Waals surface area (Å²) in [6.07, 6.45) is -9.20. The van der Waals surface area contributed by atoms with Gasteiger partial charge in [0.2, 0.25) is 0 Å². The first kappa shape index (κ1) is 40.7. The van der Waals surface area contributed by atoms with E-state index in [2.05, 4.69) is 24.9 Å². The van der Waals surface area contributed by atoms with Crippen LogP contribution in [0.2, 0.25) is 0 Å². The van der Waals surface area contributed by atoms with Crippen molar-refractivity contribution < 1.29 is 56.9 Å². The Morgan fingerprint density at radius 2 is 1.34 bits per heavy atom. The molecule has 0 spiro atoms. The van der Waals surface area contributed by atoms with E-state index in [0.717, 1.165) is 33.7 Å². The van der Waals surface area contributed by atoms with Gasteiger partial charge in [0.25, 0.3) is 11.1 Å². The molecule has 0 aliphatic carbocycles. The standard InChI is InChI=1S/C31H38N9O16PS/c1-47-7-13-21(19(43)27(52-13)38-5-3-16(41)36-30(38)45)55-57(58,56-22-14(8-48-2)53-28(20(22)44)39-6-4-17(42)37-31(39)46)51-9-15-23-24(50-12-49-23)29(54-15)40-11-35-18-25(32)33-10-34-26(18)40/h3-6,10-11,13-15,19-24,27-29,43-44H,7-9,12H2,1-2H3,(H2,32,33,34)(H,36,41,45)(H,37,42,46)/t13-,14-,15-,19-,20-,21-,22-,23-,24-,27-,28-,29-/m1/s1. The van der Waals surface area contributed by atoms with Gasteiger partial charge in [-0.1, -0.05) is 0 Å². The Balaban J connectivity index is 1.11. The number of methoxy groups -OCH3 is 2. The highest BCUT2D eigenvalue weighted by Crippen LogP contribution is 2.57. The summed E-state index contributed by atoms with van der Waals surface area (Å²) < 4.78 is 63.5. The molecular formula is C31H38N9O16PS. The second-order valence-corrected chi connectivity index (χ2v) is 16.4. The fourth-order valence-corrected chi connectivity index (χ4v) is 9.65. The van der Waals surface area contributed by atoms with Crippen molar-refractivity contribution in [3.05, 3.63) is 78.9 Å². The van der Waals surface area contributed by atoms with Crippen LogP contribution in [0.4, 0.5) is 5.82 Å². The molecule has 8 rings (SSSR count). The summed E-state index contributed by atoms with van der Waals surface area (Å²) in [6.45, 7) is -5.10. The Morgan fingerprint density at radius 1 is 0.793 bits per heavy atom. The third-order valence-corrected chi connectivity index (χ3v) is 12.2. The molecule has 0 amide bonds. The predicted molar refractivity (Wildman–Crippen MR) is 194 cm³/mol. The van der Waals surface area contributed by atoms with Crippen LogP contribution in [0.15, 0.2) is 56.4 Å². The first-order valence-corrected chi connectivity index (χ1v) is 20.2. The number of ether oxygens (including phenoxy) is 7. The fourth-order valence-electron chi connectivity index (χ4n) is 7.26. The lowest BCUT2D eigenvalue weighted by atomic mass is 10.1. The Bertz CT molecular complexity index is 2310. The minimum atomic E-state index is -4.29. The average Bonchev–Trinajstić information content (AvgIpc) is 4.01. The van der Waals surface area contributed by atoms with Crippen molar-refractivity contribution in [3.63, 3.8) is 0 Å². The average molecular weight is 856 g/mol. The van der Waals surface area contributed by atoms with Crippen molar-refractivity contribution in [3.8, 4) is 0 Å². The number of nitrogens with two attached hydrogens (primary N) is 1. The topological polar surface area (TPSA) is 312 Å². The number of aromatic amines is 2. The maximum absolute atomic E-state index is 12.8. The third-order valence-electron chi connectivity index (χ3n) is 9.90. The maximum Gasteiger partial charge on any atom is 0.330 e. The van der Waals surface area contributed by atoms with E-state index < -0.39 is 103 Å². The first-order chi connectivity index (χ1) is 27.9. The van der Waals surface area contributed by atoms with Crippen LogP contribution in [-0.4, -0.2) is 145 Å². The van der Waals surface area contributed by atoms with Crippen molar-refractivity contribution >= 4 is 35.5 Å². The van der Waals surface area contributed by atoms with Crippen LogP contribution in [0.1, 0.15) is 18.7 Å². The van der Waals surface area contributed by atoms with E-state index >= 15 is 0 Å². The van der Waals surface area contributed by atoms with Gasteiger partial charge in [0, 0.05) is 38.7 Å². The molecule has 4 aromatic rings. The molecule has 8 heterocycles. The van der Waals surface area contributed by atoms with E-state index in [9.17, 15) is 29.4 Å². The summed E-state index contributed by atoms with van der Waals surface area (Å²) >= 11 is 6.02. The molecule has 314 valence electrons. The second kappa shape index (κ2) is 16.5. The van der Waals surface area contributed by atoms with Crippen molar-refractivity contribution in [2.45, 2.75) is 73.6 Å². The molecule has 4 aromatic heterocycles. The summed E-state index contributed by atoms with van der Waals surface area (Å²) in [5, 5.41) is 23.3. The minimum Gasteiger partial charge on any atom is -0.386 e. The van der Waals surface area contributed by atoms with Crippen molar-refractivity contribution in [1.82, 2.24) is 38.6 Å². The van der Waals surface area contributed by atoms with E-state index in [1.807, 2.05) is 0 Å². The van der Waals surface area contributed by atoms with Gasteiger partial charge in [0.05, 0.1) is 26.1 Å². The van der Waals surface area contributed by atoms with Gasteiger partial charge in [-0.05, 0) is 11.8 Å². The molecule has 58 heavy (non-hydrogen) atoms. The highest BCUT2D eigenvalue weighted by Gasteiger charge is 2.55. The van der Waals surface area contributed by atoms with E-state index in [4.69, 9.17) is 64.3 Å². The van der Waals surface area contributed by atoms with Gasteiger partial charge in [0.1, 0.15) is 73.6 Å². The number of H-pyrrole nitrogens is 2. The van der Waals surface area contributed by atoms with Crippen LogP contribution in [-0.2, 0) is 58.5 Å². The summed E-state index contributed by atoms with van der Waals surface area (Å²) in [7, 11) is 2.74. The molecule has 27 heteroatoms. The quantitative estimate of drug-likeness (QED) is 0.0788. The highest BCUT2D eigenvalue weighted by atomic mass is 32.5. The molecule has 25 nitrogen and oxygen atoms in total. The van der Waals surface area contributed by atoms with Crippen LogP contribution < -0.4 is 28.2 Å². The number of fused-ring (bicyclic) bond motifs is 2. The summed E-state index contributed by atoms with van der Waals surface area (Å²) in [5.41, 5.74) is 3.62. The van der Waals surface area contributed by atoms with Crippen LogP contribution in [0.5, 0.6) is 0 Å². The van der Waals surface area contributed by atoms with Crippen molar-refractivity contribution in [1.29, 1.82) is 0 Å². The van der Waals surface area contributed by atoms with Crippen molar-refractivity contribution in [2.75, 3.05) is 46.6 Å². The number of aliphatic hydroxyl groups excluding tert-OH is 2. The molecular weight excluding hydrogens is 817 g/mol. The van der Waals surface area contributed by atoms with Crippen LogP contribution >= 0.6 is 6.72 Å². The van der Waals surface area contributed by atoms with Gasteiger partial charge < -0.3 is 53.6 Å². The number of imidazole rings is 1. The Kier molecular flexibility index (Phi) is 11.6. The predicted octanol–water partition coefficient (Wildman–Crippen LogP) is -3.03. The van der Waals surface area contributed by atoms with E-state index in [-0.39, 0.29) is 32.4 Å². The summed E-state index contributed by atoms with van der Waals surface area (Å²) in [4.78, 5) is 65.9. The summed E-state index contributed by atoms with van der Waals surface area (Å²) in [6, 6.07) is 2.14. The number of anilines is 1. The van der Waals surface area contributed by atoms with Gasteiger partial charge in [-0.15, -0.1) is 0 Å². The number of nitrogens with one attached hydrogen (secondary N) is 2. The maximum atomic E-state index is 12.8. The lowest BCUT2D eigenvalue weighted by Crippen LogP contribution is -2.41. The molecule has 0 bridgehead atoms. The number of nitrogen functional groups attached to an aromatic ring is 1. The van der Waals surface area contributed by atoms with Gasteiger partial charge in [-0.25, -0.2) is 24.5 Å². The van der Waals surface area contributed by atoms with Crippen molar-refractivity contribution in [2.24, 2.45) is 0 Å². The number of aromatic nitrogens is 8. The second-order valence-electron chi connectivity index (χ2n) is 13.5. The first-order valence-electron chi connectivity index (χ1n) is 17.6. The molecule has 4 saturated heterocycles. The molecule has 4 aliphatic rings. The molecule has 12 atom stereocenters. The monoisotopic (exact) mass is 855 g/mol. The van der Waals surface area contributed by atoms with E-state index in [0.29, 0.717) is 11.2 Å². The zero-order valence-corrected chi connectivity index (χ0v) is 32.2. The number of hydrogen-bond donors (Lipinski definition) is 5. The lowest BCUT2D eigenvalue weighted by molar-refractivity contribution is -0.109. The van der Waals surface area contributed by atoms with Crippen LogP contribution in [0.25, 0.3) is 11.2 Å². The lowest BCUT2D eigenvalue weighted by Gasteiger charge is -2.33. The Hall–Kier alpha value is -4.12. The van der Waals surface area contributed by atoms with Gasteiger partial charge in [-0.2, -0.15) is 0 Å². The fraction of sp³-hybridized carbons (Fsp3) is 0.581. The van der Waals surface area contributed by atoms with Gasteiger partial charge in [-0.3, -0.25) is 42.3 Å². The minimum absolute atomic E-state index is 0.0811. The molecule has 0 radical (unpaired) electrons. The number of aliphatic hydroxyl groups is 2. The smallest absolute Gasteiger partial charge is 0.330 e. The normalized spacial score (nSPS) is 33.2. The Labute approximate surface area is 329 Å². The number of rotatable bonds is 14. The number of nitrogens with zero attached hydrogens (tertiary/aromatic N) is 6. The summed E-state index contributed by atoms with van der Waals surface area (Å²) in [5.74, 6) is 0.159. The molecule has 0 saturated carbocycles. The molecule has 6 N–H and O–H groups in total. The molecule has 4 aliphatic heterocycles.